The maximum atomic E-state index is 12.1. The van der Waals surface area contributed by atoms with Gasteiger partial charge in [-0.2, -0.15) is 0 Å². The minimum Gasteiger partial charge on any atom is -0.390 e. The van der Waals surface area contributed by atoms with E-state index in [1.165, 1.54) is 0 Å². The maximum absolute atomic E-state index is 12.1. The molecule has 2 aliphatic rings. The molecule has 1 saturated heterocycles. The Hall–Kier alpha value is -1.40. The van der Waals surface area contributed by atoms with Crippen molar-refractivity contribution < 1.29 is 18.3 Å². The molecule has 1 aromatic carbocycles. The van der Waals surface area contributed by atoms with Crippen molar-refractivity contribution in [1.82, 2.24) is 5.32 Å². The van der Waals surface area contributed by atoms with Gasteiger partial charge in [-0.25, -0.2) is 8.42 Å². The standard InChI is InChI=1S/C15H19NO4S/c17-13-8-11-3-1-2-4-12(11)15(13)16-14(18)7-10-5-6-21(19,20)9-10/h1-4,10,13,15,17H,5-9H2,(H,16,18)/t10?,13-,15+/m0/s1. The van der Waals surface area contributed by atoms with Crippen molar-refractivity contribution in [1.29, 1.82) is 0 Å². The van der Waals surface area contributed by atoms with Crippen LogP contribution in [0.4, 0.5) is 0 Å². The molecule has 0 bridgehead atoms. The molecule has 114 valence electrons. The van der Waals surface area contributed by atoms with Crippen molar-refractivity contribution >= 4 is 15.7 Å². The topological polar surface area (TPSA) is 83.5 Å². The van der Waals surface area contributed by atoms with Gasteiger partial charge < -0.3 is 10.4 Å². The summed E-state index contributed by atoms with van der Waals surface area (Å²) < 4.78 is 22.8. The van der Waals surface area contributed by atoms with Crippen molar-refractivity contribution in [2.24, 2.45) is 5.92 Å². The van der Waals surface area contributed by atoms with Crippen LogP contribution < -0.4 is 5.32 Å². The fraction of sp³-hybridized carbons (Fsp3) is 0.533. The zero-order chi connectivity index (χ0) is 15.0. The number of carbonyl (C=O) groups excluding carboxylic acids is 1. The molecule has 5 nitrogen and oxygen atoms in total. The number of hydrogen-bond donors (Lipinski definition) is 2. The molecular weight excluding hydrogens is 290 g/mol. The van der Waals surface area contributed by atoms with Gasteiger partial charge in [-0.05, 0) is 23.5 Å². The molecule has 1 heterocycles. The van der Waals surface area contributed by atoms with Crippen molar-refractivity contribution in [3.05, 3.63) is 35.4 Å². The molecule has 3 rings (SSSR count). The molecule has 1 aliphatic heterocycles. The molecule has 6 heteroatoms. The first kappa shape index (κ1) is 14.5. The normalized spacial score (nSPS) is 30.0. The molecule has 1 unspecified atom stereocenters. The number of aliphatic hydroxyl groups is 1. The monoisotopic (exact) mass is 309 g/mol. The van der Waals surface area contributed by atoms with Gasteiger partial charge >= 0.3 is 0 Å². The van der Waals surface area contributed by atoms with E-state index in [2.05, 4.69) is 5.32 Å². The molecule has 1 aromatic rings. The second kappa shape index (κ2) is 5.42. The van der Waals surface area contributed by atoms with Gasteiger partial charge in [0.1, 0.15) is 0 Å². The predicted molar refractivity (Wildman–Crippen MR) is 78.4 cm³/mol. The summed E-state index contributed by atoms with van der Waals surface area (Å²) in [5, 5.41) is 12.9. The summed E-state index contributed by atoms with van der Waals surface area (Å²) in [6.45, 7) is 0. The van der Waals surface area contributed by atoms with Gasteiger partial charge in [-0.1, -0.05) is 24.3 Å². The molecule has 0 saturated carbocycles. The highest BCUT2D eigenvalue weighted by Crippen LogP contribution is 2.31. The van der Waals surface area contributed by atoms with Crippen LogP contribution in [0, 0.1) is 5.92 Å². The lowest BCUT2D eigenvalue weighted by Gasteiger charge is -2.19. The third-order valence-electron chi connectivity index (χ3n) is 4.32. The fourth-order valence-corrected chi connectivity index (χ4v) is 5.14. The number of sulfone groups is 1. The van der Waals surface area contributed by atoms with Crippen LogP contribution in [-0.4, -0.2) is 37.0 Å². The molecule has 1 fully saturated rings. The van der Waals surface area contributed by atoms with E-state index in [9.17, 15) is 18.3 Å². The number of hydrogen-bond acceptors (Lipinski definition) is 4. The number of carbonyl (C=O) groups is 1. The van der Waals surface area contributed by atoms with Gasteiger partial charge in [-0.3, -0.25) is 4.79 Å². The molecule has 1 aliphatic carbocycles. The molecule has 1 amide bonds. The summed E-state index contributed by atoms with van der Waals surface area (Å²) in [5.74, 6) is 0.00555. The zero-order valence-electron chi connectivity index (χ0n) is 11.7. The summed E-state index contributed by atoms with van der Waals surface area (Å²) in [5.41, 5.74) is 2.01. The number of amides is 1. The van der Waals surface area contributed by atoms with E-state index >= 15 is 0 Å². The molecule has 0 spiro atoms. The minimum atomic E-state index is -2.96. The van der Waals surface area contributed by atoms with Crippen LogP contribution in [0.15, 0.2) is 24.3 Å². The van der Waals surface area contributed by atoms with E-state index in [1.807, 2.05) is 24.3 Å². The number of nitrogens with one attached hydrogen (secondary N) is 1. The van der Waals surface area contributed by atoms with Crippen LogP contribution in [0.2, 0.25) is 0 Å². The van der Waals surface area contributed by atoms with Gasteiger partial charge in [0, 0.05) is 12.8 Å². The quantitative estimate of drug-likeness (QED) is 0.856. The Kier molecular flexibility index (Phi) is 3.75. The summed E-state index contributed by atoms with van der Waals surface area (Å²) in [4.78, 5) is 12.1. The number of fused-ring (bicyclic) bond motifs is 1. The van der Waals surface area contributed by atoms with E-state index in [0.717, 1.165) is 11.1 Å². The zero-order valence-corrected chi connectivity index (χ0v) is 12.5. The summed E-state index contributed by atoms with van der Waals surface area (Å²) in [7, 11) is -2.96. The molecule has 0 radical (unpaired) electrons. The second-order valence-electron chi connectivity index (χ2n) is 5.99. The summed E-state index contributed by atoms with van der Waals surface area (Å²) in [6.07, 6.45) is 0.696. The van der Waals surface area contributed by atoms with Gasteiger partial charge in [0.15, 0.2) is 9.84 Å². The lowest BCUT2D eigenvalue weighted by atomic mass is 10.0. The van der Waals surface area contributed by atoms with Crippen LogP contribution >= 0.6 is 0 Å². The summed E-state index contributed by atoms with van der Waals surface area (Å²) in [6, 6.07) is 7.29. The highest BCUT2D eigenvalue weighted by molar-refractivity contribution is 7.91. The van der Waals surface area contributed by atoms with E-state index in [-0.39, 0.29) is 35.8 Å². The lowest BCUT2D eigenvalue weighted by Crippen LogP contribution is -2.34. The van der Waals surface area contributed by atoms with Crippen molar-refractivity contribution in [3.8, 4) is 0 Å². The van der Waals surface area contributed by atoms with Crippen LogP contribution in [0.3, 0.4) is 0 Å². The Morgan fingerprint density at radius 3 is 2.81 bits per heavy atom. The third kappa shape index (κ3) is 3.11. The molecular formula is C15H19NO4S. The Bertz CT molecular complexity index is 655. The summed E-state index contributed by atoms with van der Waals surface area (Å²) >= 11 is 0. The Balaban J connectivity index is 1.63. The first-order valence-electron chi connectivity index (χ1n) is 7.20. The van der Waals surface area contributed by atoms with Gasteiger partial charge in [0.05, 0.1) is 23.7 Å². The third-order valence-corrected chi connectivity index (χ3v) is 6.16. The Morgan fingerprint density at radius 1 is 1.33 bits per heavy atom. The van der Waals surface area contributed by atoms with Gasteiger partial charge in [-0.15, -0.1) is 0 Å². The van der Waals surface area contributed by atoms with Crippen molar-refractivity contribution in [2.75, 3.05) is 11.5 Å². The van der Waals surface area contributed by atoms with Crippen LogP contribution in [0.1, 0.15) is 30.0 Å². The van der Waals surface area contributed by atoms with E-state index in [0.29, 0.717) is 12.8 Å². The number of aliphatic hydroxyl groups excluding tert-OH is 1. The first-order chi connectivity index (χ1) is 9.94. The van der Waals surface area contributed by atoms with Gasteiger partial charge in [0.25, 0.3) is 0 Å². The lowest BCUT2D eigenvalue weighted by molar-refractivity contribution is -0.123. The number of rotatable bonds is 3. The fourth-order valence-electron chi connectivity index (χ4n) is 3.28. The maximum Gasteiger partial charge on any atom is 0.220 e. The average molecular weight is 309 g/mol. The van der Waals surface area contributed by atoms with Gasteiger partial charge in [0.2, 0.25) is 5.91 Å². The van der Waals surface area contributed by atoms with E-state index in [1.54, 1.807) is 0 Å². The highest BCUT2D eigenvalue weighted by atomic mass is 32.2. The van der Waals surface area contributed by atoms with Crippen molar-refractivity contribution in [3.63, 3.8) is 0 Å². The minimum absolute atomic E-state index is 0.0937. The Morgan fingerprint density at radius 2 is 2.10 bits per heavy atom. The Labute approximate surface area is 124 Å². The smallest absolute Gasteiger partial charge is 0.220 e. The van der Waals surface area contributed by atoms with Crippen LogP contribution in [-0.2, 0) is 21.1 Å². The average Bonchev–Trinajstić information content (AvgIpc) is 2.90. The van der Waals surface area contributed by atoms with E-state index in [4.69, 9.17) is 0 Å². The largest absolute Gasteiger partial charge is 0.390 e. The molecule has 21 heavy (non-hydrogen) atoms. The SMILES string of the molecule is O=C(CC1CCS(=O)(=O)C1)N[C@@H]1c2ccccc2C[C@@H]1O. The first-order valence-corrected chi connectivity index (χ1v) is 9.02. The van der Waals surface area contributed by atoms with Crippen LogP contribution in [0.25, 0.3) is 0 Å². The van der Waals surface area contributed by atoms with E-state index < -0.39 is 15.9 Å². The van der Waals surface area contributed by atoms with Crippen LogP contribution in [0.5, 0.6) is 0 Å². The highest BCUT2D eigenvalue weighted by Gasteiger charge is 2.34. The predicted octanol–water partition coefficient (Wildman–Crippen LogP) is 0.586. The molecule has 0 aromatic heterocycles. The number of benzene rings is 1. The van der Waals surface area contributed by atoms with Crippen molar-refractivity contribution in [2.45, 2.75) is 31.4 Å². The molecule has 2 N–H and O–H groups in total. The molecule has 3 atom stereocenters. The second-order valence-corrected chi connectivity index (χ2v) is 8.22.